The van der Waals surface area contributed by atoms with Crippen molar-refractivity contribution >= 4 is 32.6 Å². The van der Waals surface area contributed by atoms with Gasteiger partial charge in [0.25, 0.3) is 11.5 Å². The van der Waals surface area contributed by atoms with Crippen LogP contribution in [-0.4, -0.2) is 39.9 Å². The number of unbranched alkanes of at least 4 members (excludes halogenated alkanes) is 1. The van der Waals surface area contributed by atoms with Crippen molar-refractivity contribution in [1.29, 1.82) is 0 Å². The van der Waals surface area contributed by atoms with Crippen molar-refractivity contribution < 1.29 is 9.53 Å². The molecule has 1 amide bonds. The molecule has 0 spiro atoms. The fraction of sp³-hybridized carbons (Fsp3) is 0.429. The normalized spacial score (nSPS) is 16.4. The van der Waals surface area contributed by atoms with Gasteiger partial charge in [-0.2, -0.15) is 5.10 Å². The van der Waals surface area contributed by atoms with E-state index in [1.54, 1.807) is 4.90 Å². The first-order valence-electron chi connectivity index (χ1n) is 10.0. The van der Waals surface area contributed by atoms with Gasteiger partial charge in [-0.1, -0.05) is 36.8 Å². The maximum atomic E-state index is 13.4. The molecule has 1 fully saturated rings. The Kier molecular flexibility index (Phi) is 6.01. The van der Waals surface area contributed by atoms with Crippen LogP contribution in [0.25, 0.3) is 10.2 Å². The largest absolute Gasteiger partial charge is 0.376 e. The molecule has 0 N–H and O–H groups in total. The molecule has 1 unspecified atom stereocenters. The molecule has 1 saturated heterocycles. The minimum absolute atomic E-state index is 0.0167. The fourth-order valence-corrected chi connectivity index (χ4v) is 4.36. The van der Waals surface area contributed by atoms with Gasteiger partial charge in [-0.15, -0.1) is 0 Å². The quantitative estimate of drug-likeness (QED) is 0.594. The monoisotopic (exact) mass is 412 g/mol. The zero-order valence-electron chi connectivity index (χ0n) is 16.4. The molecule has 1 aliphatic rings. The van der Waals surface area contributed by atoms with Crippen molar-refractivity contribution in [3.05, 3.63) is 52.4 Å². The molecular formula is C21H24N4O3S. The van der Waals surface area contributed by atoms with Gasteiger partial charge in [0.15, 0.2) is 5.13 Å². The maximum Gasteiger partial charge on any atom is 0.280 e. The average Bonchev–Trinajstić information content (AvgIpc) is 3.40. The summed E-state index contributed by atoms with van der Waals surface area (Å²) in [6.45, 7) is 3.70. The van der Waals surface area contributed by atoms with E-state index in [9.17, 15) is 9.59 Å². The molecule has 8 heteroatoms. The number of anilines is 1. The standard InChI is InChI=1S/C21H24N4O3S/c1-2-3-12-25-19(26)11-10-17(23-25)20(27)24(14-15-7-6-13-28-15)21-22-16-8-4-5-9-18(16)29-21/h4-5,8-11,15H,2-3,6-7,12-14H2,1H3. The van der Waals surface area contributed by atoms with Gasteiger partial charge in [0.2, 0.25) is 0 Å². The number of thiazole rings is 1. The van der Waals surface area contributed by atoms with Gasteiger partial charge < -0.3 is 4.74 Å². The first kappa shape index (κ1) is 19.7. The van der Waals surface area contributed by atoms with E-state index in [2.05, 4.69) is 17.0 Å². The minimum Gasteiger partial charge on any atom is -0.376 e. The molecule has 1 aromatic carbocycles. The summed E-state index contributed by atoms with van der Waals surface area (Å²) in [7, 11) is 0. The summed E-state index contributed by atoms with van der Waals surface area (Å²) < 4.78 is 8.16. The number of hydrogen-bond donors (Lipinski definition) is 0. The smallest absolute Gasteiger partial charge is 0.280 e. The number of ether oxygens (including phenoxy) is 1. The van der Waals surface area contributed by atoms with Crippen molar-refractivity contribution in [3.63, 3.8) is 0 Å². The second-order valence-electron chi connectivity index (χ2n) is 7.15. The van der Waals surface area contributed by atoms with Gasteiger partial charge >= 0.3 is 0 Å². The van der Waals surface area contributed by atoms with Crippen LogP contribution < -0.4 is 10.5 Å². The number of nitrogens with zero attached hydrogens (tertiary/aromatic N) is 4. The van der Waals surface area contributed by atoms with Crippen LogP contribution in [0, 0.1) is 0 Å². The molecule has 152 valence electrons. The number of amides is 1. The first-order chi connectivity index (χ1) is 14.2. The number of aromatic nitrogens is 3. The number of rotatable bonds is 7. The van der Waals surface area contributed by atoms with Gasteiger partial charge in [-0.05, 0) is 37.5 Å². The Labute approximate surface area is 172 Å². The highest BCUT2D eigenvalue weighted by molar-refractivity contribution is 7.22. The Morgan fingerprint density at radius 2 is 2.17 bits per heavy atom. The van der Waals surface area contributed by atoms with E-state index in [1.807, 2.05) is 24.3 Å². The van der Waals surface area contributed by atoms with Crippen LogP contribution in [0.5, 0.6) is 0 Å². The number of para-hydroxylation sites is 1. The first-order valence-corrected chi connectivity index (χ1v) is 10.8. The zero-order valence-corrected chi connectivity index (χ0v) is 17.2. The third-order valence-electron chi connectivity index (χ3n) is 4.98. The SMILES string of the molecule is CCCCn1nc(C(=O)N(CC2CCCO2)c2nc3ccccc3s2)ccc1=O. The number of benzene rings is 1. The third-order valence-corrected chi connectivity index (χ3v) is 6.04. The van der Waals surface area contributed by atoms with E-state index in [1.165, 1.54) is 28.2 Å². The highest BCUT2D eigenvalue weighted by Gasteiger charge is 2.28. The zero-order chi connectivity index (χ0) is 20.2. The van der Waals surface area contributed by atoms with Crippen LogP contribution in [0.4, 0.5) is 5.13 Å². The summed E-state index contributed by atoms with van der Waals surface area (Å²) >= 11 is 1.48. The van der Waals surface area contributed by atoms with E-state index >= 15 is 0 Å². The molecule has 0 saturated carbocycles. The van der Waals surface area contributed by atoms with Crippen molar-refractivity contribution in [1.82, 2.24) is 14.8 Å². The lowest BCUT2D eigenvalue weighted by Gasteiger charge is -2.22. The highest BCUT2D eigenvalue weighted by atomic mass is 32.1. The summed E-state index contributed by atoms with van der Waals surface area (Å²) in [6, 6.07) is 10.7. The molecule has 4 rings (SSSR count). The molecule has 3 aromatic rings. The lowest BCUT2D eigenvalue weighted by molar-refractivity contribution is 0.0911. The Hall–Kier alpha value is -2.58. The third kappa shape index (κ3) is 4.38. The van der Waals surface area contributed by atoms with Crippen molar-refractivity contribution in [3.8, 4) is 0 Å². The molecule has 0 radical (unpaired) electrons. The molecule has 7 nitrogen and oxygen atoms in total. The van der Waals surface area contributed by atoms with Gasteiger partial charge in [-0.25, -0.2) is 9.67 Å². The lowest BCUT2D eigenvalue weighted by Crippen LogP contribution is -2.39. The fourth-order valence-electron chi connectivity index (χ4n) is 3.38. The summed E-state index contributed by atoms with van der Waals surface area (Å²) in [4.78, 5) is 31.8. The van der Waals surface area contributed by atoms with Crippen molar-refractivity contribution in [2.75, 3.05) is 18.1 Å². The van der Waals surface area contributed by atoms with Crippen LogP contribution in [-0.2, 0) is 11.3 Å². The van der Waals surface area contributed by atoms with Gasteiger partial charge in [0.05, 0.1) is 22.9 Å². The molecule has 3 heterocycles. The van der Waals surface area contributed by atoms with E-state index in [0.717, 1.165) is 35.9 Å². The molecule has 1 atom stereocenters. The van der Waals surface area contributed by atoms with Gasteiger partial charge in [0.1, 0.15) is 5.69 Å². The number of carbonyl (C=O) groups is 1. The minimum atomic E-state index is -0.259. The lowest BCUT2D eigenvalue weighted by atomic mass is 10.2. The van der Waals surface area contributed by atoms with Crippen LogP contribution in [0.2, 0.25) is 0 Å². The molecule has 1 aliphatic heterocycles. The van der Waals surface area contributed by atoms with E-state index in [-0.39, 0.29) is 23.3 Å². The second kappa shape index (κ2) is 8.84. The van der Waals surface area contributed by atoms with Crippen molar-refractivity contribution in [2.45, 2.75) is 45.3 Å². The van der Waals surface area contributed by atoms with E-state index < -0.39 is 0 Å². The van der Waals surface area contributed by atoms with Gasteiger partial charge in [0, 0.05) is 19.2 Å². The Morgan fingerprint density at radius 3 is 2.93 bits per heavy atom. The molecule has 2 aromatic heterocycles. The molecule has 0 aliphatic carbocycles. The molecule has 0 bridgehead atoms. The number of carbonyl (C=O) groups excluding carboxylic acids is 1. The Bertz CT molecular complexity index is 1020. The van der Waals surface area contributed by atoms with Crippen LogP contribution in [0.1, 0.15) is 43.1 Å². The second-order valence-corrected chi connectivity index (χ2v) is 8.16. The predicted molar refractivity (Wildman–Crippen MR) is 114 cm³/mol. The number of aryl methyl sites for hydroxylation is 1. The van der Waals surface area contributed by atoms with E-state index in [0.29, 0.717) is 24.8 Å². The highest BCUT2D eigenvalue weighted by Crippen LogP contribution is 2.30. The molecular weight excluding hydrogens is 388 g/mol. The predicted octanol–water partition coefficient (Wildman–Crippen LogP) is 3.48. The van der Waals surface area contributed by atoms with Gasteiger partial charge in [-0.3, -0.25) is 14.5 Å². The number of hydrogen-bond acceptors (Lipinski definition) is 6. The Balaban J connectivity index is 1.68. The maximum absolute atomic E-state index is 13.4. The summed E-state index contributed by atoms with van der Waals surface area (Å²) in [5, 5.41) is 4.96. The Morgan fingerprint density at radius 1 is 1.31 bits per heavy atom. The number of fused-ring (bicyclic) bond motifs is 1. The molecule has 29 heavy (non-hydrogen) atoms. The average molecular weight is 413 g/mol. The van der Waals surface area contributed by atoms with Crippen LogP contribution in [0.15, 0.2) is 41.2 Å². The summed E-state index contributed by atoms with van der Waals surface area (Å²) in [6.07, 6.45) is 3.67. The van der Waals surface area contributed by atoms with Crippen molar-refractivity contribution in [2.24, 2.45) is 0 Å². The topological polar surface area (TPSA) is 77.3 Å². The van der Waals surface area contributed by atoms with Crippen LogP contribution in [0.3, 0.4) is 0 Å². The summed E-state index contributed by atoms with van der Waals surface area (Å²) in [5.41, 5.74) is 0.914. The summed E-state index contributed by atoms with van der Waals surface area (Å²) in [5.74, 6) is -0.259. The van der Waals surface area contributed by atoms with Crippen LogP contribution >= 0.6 is 11.3 Å². The van der Waals surface area contributed by atoms with E-state index in [4.69, 9.17) is 4.74 Å².